The number of benzene rings is 1. The molecule has 4 heteroatoms. The maximum atomic E-state index is 11.6. The average Bonchev–Trinajstić information content (AvgIpc) is 2.28. The average molecular weight is 256 g/mol. The van der Waals surface area contributed by atoms with Crippen LogP contribution in [0.1, 0.15) is 20.8 Å². The van der Waals surface area contributed by atoms with Gasteiger partial charge in [0.1, 0.15) is 6.04 Å². The highest BCUT2D eigenvalue weighted by atomic mass is 35.5. The van der Waals surface area contributed by atoms with Gasteiger partial charge in [-0.3, -0.25) is 0 Å². The topological polar surface area (TPSA) is 38.3 Å². The van der Waals surface area contributed by atoms with Crippen LogP contribution in [0.5, 0.6) is 0 Å². The molecule has 0 fully saturated rings. The summed E-state index contributed by atoms with van der Waals surface area (Å²) in [6.07, 6.45) is 0. The van der Waals surface area contributed by atoms with Crippen LogP contribution in [0.3, 0.4) is 0 Å². The molecule has 0 saturated carbocycles. The molecule has 0 spiro atoms. The molecule has 94 valence electrons. The van der Waals surface area contributed by atoms with Crippen LogP contribution in [0.25, 0.3) is 0 Å². The first-order valence-electron chi connectivity index (χ1n) is 5.67. The minimum absolute atomic E-state index is 0.242. The second-order valence-corrected chi connectivity index (χ2v) is 4.83. The fraction of sp³-hybridized carbons (Fsp3) is 0.462. The van der Waals surface area contributed by atoms with Gasteiger partial charge < -0.3 is 10.1 Å². The van der Waals surface area contributed by atoms with Crippen molar-refractivity contribution in [1.82, 2.24) is 0 Å². The van der Waals surface area contributed by atoms with Crippen molar-refractivity contribution in [3.63, 3.8) is 0 Å². The van der Waals surface area contributed by atoms with Crippen molar-refractivity contribution in [2.45, 2.75) is 26.8 Å². The molecule has 0 aromatic heterocycles. The van der Waals surface area contributed by atoms with Gasteiger partial charge >= 0.3 is 5.97 Å². The maximum absolute atomic E-state index is 11.6. The third kappa shape index (κ3) is 5.09. The molecule has 0 unspecified atom stereocenters. The van der Waals surface area contributed by atoms with Crippen molar-refractivity contribution in [3.8, 4) is 0 Å². The molecule has 1 rings (SSSR count). The molecule has 0 aliphatic rings. The van der Waals surface area contributed by atoms with E-state index < -0.39 is 0 Å². The normalized spacial score (nSPS) is 12.3. The van der Waals surface area contributed by atoms with Crippen LogP contribution in [0.15, 0.2) is 24.3 Å². The summed E-state index contributed by atoms with van der Waals surface area (Å²) in [5.41, 5.74) is 0.850. The molecule has 1 N–H and O–H groups in total. The van der Waals surface area contributed by atoms with E-state index in [1.807, 2.05) is 26.0 Å². The lowest BCUT2D eigenvalue weighted by molar-refractivity contribution is -0.145. The monoisotopic (exact) mass is 255 g/mol. The van der Waals surface area contributed by atoms with Crippen LogP contribution in [0.2, 0.25) is 5.02 Å². The maximum Gasteiger partial charge on any atom is 0.328 e. The number of hydrogen-bond donors (Lipinski definition) is 1. The van der Waals surface area contributed by atoms with Crippen LogP contribution in [0, 0.1) is 5.92 Å². The summed E-state index contributed by atoms with van der Waals surface area (Å²) in [6, 6.07) is 6.84. The first-order chi connectivity index (χ1) is 7.99. The van der Waals surface area contributed by atoms with Gasteiger partial charge in [-0.2, -0.15) is 0 Å². The van der Waals surface area contributed by atoms with Crippen molar-refractivity contribution in [3.05, 3.63) is 29.3 Å². The summed E-state index contributed by atoms with van der Waals surface area (Å²) >= 11 is 5.78. The highest BCUT2D eigenvalue weighted by Gasteiger charge is 2.14. The van der Waals surface area contributed by atoms with Crippen LogP contribution in [0.4, 0.5) is 5.69 Å². The van der Waals surface area contributed by atoms with Gasteiger partial charge in [0.2, 0.25) is 0 Å². The molecular formula is C13H18ClNO2. The van der Waals surface area contributed by atoms with Crippen LogP contribution < -0.4 is 5.32 Å². The quantitative estimate of drug-likeness (QED) is 0.820. The zero-order valence-electron chi connectivity index (χ0n) is 10.4. The second kappa shape index (κ2) is 6.50. The van der Waals surface area contributed by atoms with Crippen molar-refractivity contribution < 1.29 is 9.53 Å². The largest absolute Gasteiger partial charge is 0.464 e. The second-order valence-electron chi connectivity index (χ2n) is 4.40. The molecular weight excluding hydrogens is 238 g/mol. The molecule has 0 bridgehead atoms. The summed E-state index contributed by atoms with van der Waals surface area (Å²) in [5.74, 6) is 0.107. The summed E-state index contributed by atoms with van der Waals surface area (Å²) in [7, 11) is 0. The van der Waals surface area contributed by atoms with Gasteiger partial charge in [0.05, 0.1) is 6.61 Å². The molecule has 0 radical (unpaired) electrons. The molecule has 0 amide bonds. The number of esters is 1. The van der Waals surface area contributed by atoms with E-state index in [-0.39, 0.29) is 12.0 Å². The summed E-state index contributed by atoms with van der Waals surface area (Å²) in [4.78, 5) is 11.6. The lowest BCUT2D eigenvalue weighted by Crippen LogP contribution is -2.29. The van der Waals surface area contributed by atoms with E-state index in [0.717, 1.165) is 5.69 Å². The van der Waals surface area contributed by atoms with Crippen molar-refractivity contribution >= 4 is 23.3 Å². The van der Waals surface area contributed by atoms with Crippen molar-refractivity contribution in [2.24, 2.45) is 5.92 Å². The number of carbonyl (C=O) groups is 1. The van der Waals surface area contributed by atoms with E-state index in [0.29, 0.717) is 17.5 Å². The number of halogens is 1. The molecule has 0 aliphatic carbocycles. The molecule has 0 aliphatic heterocycles. The Morgan fingerprint density at radius 2 is 1.88 bits per heavy atom. The van der Waals surface area contributed by atoms with E-state index in [2.05, 4.69) is 5.32 Å². The molecule has 17 heavy (non-hydrogen) atoms. The van der Waals surface area contributed by atoms with E-state index in [4.69, 9.17) is 16.3 Å². The molecule has 3 nitrogen and oxygen atoms in total. The van der Waals surface area contributed by atoms with Crippen molar-refractivity contribution in [2.75, 3.05) is 11.9 Å². The van der Waals surface area contributed by atoms with Gasteiger partial charge in [-0.05, 0) is 37.1 Å². The third-order valence-electron chi connectivity index (χ3n) is 2.14. The smallest absolute Gasteiger partial charge is 0.328 e. The van der Waals surface area contributed by atoms with E-state index in [1.165, 1.54) is 0 Å². The number of anilines is 1. The minimum Gasteiger partial charge on any atom is -0.464 e. The summed E-state index contributed by atoms with van der Waals surface area (Å²) in [5, 5.41) is 3.73. The molecule has 1 aromatic rings. The zero-order valence-corrected chi connectivity index (χ0v) is 11.1. The zero-order chi connectivity index (χ0) is 12.8. The Bertz CT molecular complexity index is 362. The van der Waals surface area contributed by atoms with Gasteiger partial charge in [0.25, 0.3) is 0 Å². The Hall–Kier alpha value is -1.22. The van der Waals surface area contributed by atoms with Crippen LogP contribution in [-0.4, -0.2) is 18.6 Å². The lowest BCUT2D eigenvalue weighted by atomic mass is 10.2. The number of hydrogen-bond acceptors (Lipinski definition) is 3. The Morgan fingerprint density at radius 3 is 2.41 bits per heavy atom. The van der Waals surface area contributed by atoms with Crippen LogP contribution >= 0.6 is 11.6 Å². The highest BCUT2D eigenvalue weighted by molar-refractivity contribution is 6.30. The highest BCUT2D eigenvalue weighted by Crippen LogP contribution is 2.14. The van der Waals surface area contributed by atoms with E-state index in [1.54, 1.807) is 19.1 Å². The Balaban J connectivity index is 2.45. The van der Waals surface area contributed by atoms with Gasteiger partial charge in [-0.25, -0.2) is 4.79 Å². The molecule has 1 aromatic carbocycles. The number of carbonyl (C=O) groups excluding carboxylic acids is 1. The first-order valence-corrected chi connectivity index (χ1v) is 6.05. The van der Waals surface area contributed by atoms with E-state index >= 15 is 0 Å². The third-order valence-corrected chi connectivity index (χ3v) is 2.39. The molecule has 1 atom stereocenters. The first kappa shape index (κ1) is 13.8. The predicted octanol–water partition coefficient (Wildman–Crippen LogP) is 3.34. The Labute approximate surface area is 107 Å². The SMILES string of the molecule is CC(C)COC(=O)[C@H](C)Nc1ccc(Cl)cc1. The van der Waals surface area contributed by atoms with Gasteiger partial charge in [-0.15, -0.1) is 0 Å². The number of nitrogens with one attached hydrogen (secondary N) is 1. The Kier molecular flexibility index (Phi) is 5.29. The lowest BCUT2D eigenvalue weighted by Gasteiger charge is -2.15. The summed E-state index contributed by atoms with van der Waals surface area (Å²) < 4.78 is 5.13. The van der Waals surface area contributed by atoms with Gasteiger partial charge in [-0.1, -0.05) is 25.4 Å². The van der Waals surface area contributed by atoms with E-state index in [9.17, 15) is 4.79 Å². The fourth-order valence-corrected chi connectivity index (χ4v) is 1.35. The number of rotatable bonds is 5. The molecule has 0 saturated heterocycles. The van der Waals surface area contributed by atoms with Gasteiger partial charge in [0.15, 0.2) is 0 Å². The minimum atomic E-state index is -0.366. The molecule has 0 heterocycles. The van der Waals surface area contributed by atoms with Crippen LogP contribution in [-0.2, 0) is 9.53 Å². The standard InChI is InChI=1S/C13H18ClNO2/c1-9(2)8-17-13(16)10(3)15-12-6-4-11(14)5-7-12/h4-7,9-10,15H,8H2,1-3H3/t10-/m0/s1. The van der Waals surface area contributed by atoms with Crippen molar-refractivity contribution in [1.29, 1.82) is 0 Å². The number of ether oxygens (including phenoxy) is 1. The fourth-order valence-electron chi connectivity index (χ4n) is 1.23. The predicted molar refractivity (Wildman–Crippen MR) is 70.3 cm³/mol. The van der Waals surface area contributed by atoms with Gasteiger partial charge in [0, 0.05) is 10.7 Å². The summed E-state index contributed by atoms with van der Waals surface area (Å²) in [6.45, 7) is 6.23. The Morgan fingerprint density at radius 1 is 1.29 bits per heavy atom.